The number of rotatable bonds is 0. The normalized spacial score (nSPS) is 9.31. The van der Waals surface area contributed by atoms with Crippen LogP contribution in [0, 0.1) is 0 Å². The van der Waals surface area contributed by atoms with Crippen LogP contribution in [0.3, 0.4) is 0 Å². The lowest BCUT2D eigenvalue weighted by atomic mass is 9.88. The molecule has 0 aliphatic heterocycles. The molecule has 39 heavy (non-hydrogen) atoms. The fraction of sp³-hybridized carbons (Fsp3) is 0.583. The van der Waals surface area contributed by atoms with Crippen molar-refractivity contribution < 1.29 is 0 Å². The van der Waals surface area contributed by atoms with Crippen molar-refractivity contribution in [3.05, 3.63) is 90.3 Å². The first-order valence-corrected chi connectivity index (χ1v) is 13.5. The van der Waals surface area contributed by atoms with Gasteiger partial charge in [0.1, 0.15) is 0 Å². The van der Waals surface area contributed by atoms with Gasteiger partial charge >= 0.3 is 0 Å². The summed E-state index contributed by atoms with van der Waals surface area (Å²) in [6, 6.07) is 14.2. The maximum atomic E-state index is 4.25. The second-order valence-electron chi connectivity index (χ2n) is 10.4. The van der Waals surface area contributed by atoms with Crippen LogP contribution in [0.25, 0.3) is 0 Å². The Morgan fingerprint density at radius 3 is 1.13 bits per heavy atom. The highest BCUT2D eigenvalue weighted by Crippen LogP contribution is 2.21. The molecule has 3 rings (SSSR count). The van der Waals surface area contributed by atoms with E-state index in [9.17, 15) is 0 Å². The van der Waals surface area contributed by atoms with Crippen LogP contribution < -0.4 is 0 Å². The summed E-state index contributed by atoms with van der Waals surface area (Å²) in [6.45, 7) is 31.6. The van der Waals surface area contributed by atoms with Crippen LogP contribution in [-0.4, -0.2) is 15.0 Å². The highest BCUT2D eigenvalue weighted by Gasteiger charge is 2.14. The summed E-state index contributed by atoms with van der Waals surface area (Å²) in [7, 11) is 0. The zero-order chi connectivity index (χ0) is 28.8. The summed E-state index contributed by atoms with van der Waals surface area (Å²) >= 11 is 0. The predicted octanol–water partition coefficient (Wildman–Crippen LogP) is 12.1. The van der Waals surface area contributed by atoms with E-state index in [4.69, 9.17) is 0 Å². The van der Waals surface area contributed by atoms with Gasteiger partial charge in [-0.2, -0.15) is 0 Å². The van der Waals surface area contributed by atoms with E-state index in [1.165, 1.54) is 11.1 Å². The Morgan fingerprint density at radius 1 is 0.436 bits per heavy atom. The van der Waals surface area contributed by atoms with Crippen molar-refractivity contribution in [2.75, 3.05) is 0 Å². The van der Waals surface area contributed by atoms with Crippen molar-refractivity contribution in [1.82, 2.24) is 15.0 Å². The summed E-state index contributed by atoms with van der Waals surface area (Å²) in [5, 5.41) is 0. The molecule has 0 amide bonds. The molecule has 228 valence electrons. The summed E-state index contributed by atoms with van der Waals surface area (Å²) in [4.78, 5) is 12.3. The molecule has 0 atom stereocenters. The molecular weight excluding hydrogens is 474 g/mol. The van der Waals surface area contributed by atoms with Crippen LogP contribution in [0.5, 0.6) is 0 Å². The Balaban J connectivity index is -0.0000000920. The number of nitrogens with zero attached hydrogens (tertiary/aromatic N) is 3. The smallest absolute Gasteiger partial charge is 0.0457 e. The van der Waals surface area contributed by atoms with Crippen LogP contribution in [0.2, 0.25) is 0 Å². The average Bonchev–Trinajstić information content (AvgIpc) is 2.89. The molecule has 0 saturated heterocycles. The van der Waals surface area contributed by atoms with E-state index in [1.807, 2.05) is 84.5 Å². The van der Waals surface area contributed by atoms with Crippen molar-refractivity contribution in [2.24, 2.45) is 0 Å². The van der Waals surface area contributed by atoms with Crippen molar-refractivity contribution in [2.45, 2.75) is 142 Å². The topological polar surface area (TPSA) is 38.7 Å². The molecule has 0 saturated carbocycles. The van der Waals surface area contributed by atoms with Crippen molar-refractivity contribution in [3.8, 4) is 0 Å². The van der Waals surface area contributed by atoms with E-state index in [0.29, 0.717) is 0 Å². The Bertz CT molecular complexity index is 706. The lowest BCUT2D eigenvalue weighted by molar-refractivity contribution is 0.569. The maximum absolute atomic E-state index is 4.25. The number of hydrogen-bond donors (Lipinski definition) is 0. The van der Waals surface area contributed by atoms with E-state index in [-0.39, 0.29) is 38.5 Å². The molecule has 3 aromatic heterocycles. The lowest BCUT2D eigenvalue weighted by Crippen LogP contribution is -2.12. The Labute approximate surface area is 247 Å². The second kappa shape index (κ2) is 27.0. The molecular formula is C36H69N3. The summed E-state index contributed by atoms with van der Waals surface area (Å²) in [5.41, 5.74) is 4.44. The van der Waals surface area contributed by atoms with Crippen LogP contribution in [0.1, 0.15) is 143 Å². The van der Waals surface area contributed by atoms with Crippen LogP contribution in [0.15, 0.2) is 73.4 Å². The van der Waals surface area contributed by atoms with Crippen molar-refractivity contribution in [3.63, 3.8) is 0 Å². The van der Waals surface area contributed by atoms with E-state index >= 15 is 0 Å². The lowest BCUT2D eigenvalue weighted by Gasteiger charge is -2.17. The Hall–Kier alpha value is -2.55. The van der Waals surface area contributed by atoms with Crippen LogP contribution in [-0.2, 0) is 16.2 Å². The van der Waals surface area contributed by atoms with E-state index in [1.54, 1.807) is 6.20 Å². The van der Waals surface area contributed by atoms with Gasteiger partial charge in [-0.3, -0.25) is 15.0 Å². The molecule has 0 aromatic carbocycles. The first-order valence-electron chi connectivity index (χ1n) is 13.5. The molecule has 0 N–H and O–H groups in total. The van der Waals surface area contributed by atoms with Gasteiger partial charge in [0, 0.05) is 42.1 Å². The third-order valence-electron chi connectivity index (χ3n) is 4.51. The van der Waals surface area contributed by atoms with Gasteiger partial charge in [0.15, 0.2) is 0 Å². The minimum absolute atomic E-state index is 0. The highest BCUT2D eigenvalue weighted by atomic mass is 14.7. The molecule has 0 bridgehead atoms. The molecule has 3 aromatic rings. The Kier molecular flexibility index (Phi) is 34.2. The minimum Gasteiger partial charge on any atom is -0.265 e. The molecule has 0 aliphatic rings. The third-order valence-corrected chi connectivity index (χ3v) is 4.51. The van der Waals surface area contributed by atoms with E-state index in [0.717, 1.165) is 5.69 Å². The van der Waals surface area contributed by atoms with Gasteiger partial charge in [-0.1, -0.05) is 138 Å². The predicted molar refractivity (Wildman–Crippen MR) is 183 cm³/mol. The molecule has 3 heteroatoms. The van der Waals surface area contributed by atoms with Crippen LogP contribution in [0.4, 0.5) is 0 Å². The molecule has 0 spiro atoms. The molecule has 3 heterocycles. The average molecular weight is 544 g/mol. The first kappa shape index (κ1) is 49.4. The maximum Gasteiger partial charge on any atom is 0.0457 e. The first-order chi connectivity index (χ1) is 16.8. The molecule has 0 fully saturated rings. The molecule has 0 aliphatic carbocycles. The fourth-order valence-corrected chi connectivity index (χ4v) is 2.46. The summed E-state index contributed by atoms with van der Waals surface area (Å²) in [6.07, 6.45) is 9.22. The largest absolute Gasteiger partial charge is 0.265 e. The van der Waals surface area contributed by atoms with Gasteiger partial charge in [0.25, 0.3) is 0 Å². The molecule has 3 nitrogen and oxygen atoms in total. The number of hydrogen-bond acceptors (Lipinski definition) is 3. The van der Waals surface area contributed by atoms with Gasteiger partial charge in [-0.05, 0) is 52.3 Å². The minimum atomic E-state index is 0. The number of pyridine rings is 3. The quantitative estimate of drug-likeness (QED) is 0.283. The third kappa shape index (κ3) is 25.5. The standard InChI is InChI=1S/3C9H13N.3C2H6.3CH4/c1-9(2,3)8-4-6-10-7-5-8;1-9(2,3)8-5-4-6-10-7-8;1-9(2,3)8-6-4-5-7-10-8;3*1-2;;;/h3*4-7H,1-3H3;3*1-2H3;3*1H4. The van der Waals surface area contributed by atoms with Gasteiger partial charge in [0.05, 0.1) is 0 Å². The van der Waals surface area contributed by atoms with Gasteiger partial charge in [0.2, 0.25) is 0 Å². The van der Waals surface area contributed by atoms with Gasteiger partial charge in [-0.25, -0.2) is 0 Å². The van der Waals surface area contributed by atoms with Crippen molar-refractivity contribution >= 4 is 0 Å². The number of aromatic nitrogens is 3. The van der Waals surface area contributed by atoms with Crippen molar-refractivity contribution in [1.29, 1.82) is 0 Å². The van der Waals surface area contributed by atoms with Gasteiger partial charge < -0.3 is 0 Å². The molecule has 0 radical (unpaired) electrons. The second-order valence-corrected chi connectivity index (χ2v) is 10.4. The summed E-state index contributed by atoms with van der Waals surface area (Å²) < 4.78 is 0. The van der Waals surface area contributed by atoms with E-state index in [2.05, 4.69) is 102 Å². The fourth-order valence-electron chi connectivity index (χ4n) is 2.46. The SMILES string of the molecule is C.C.C.CC.CC.CC.CC(C)(C)c1ccccn1.CC(C)(C)c1cccnc1.CC(C)(C)c1ccncc1. The van der Waals surface area contributed by atoms with Crippen LogP contribution >= 0.6 is 0 Å². The van der Waals surface area contributed by atoms with E-state index < -0.39 is 0 Å². The zero-order valence-electron chi connectivity index (χ0n) is 26.3. The summed E-state index contributed by atoms with van der Waals surface area (Å²) in [5.74, 6) is 0. The highest BCUT2D eigenvalue weighted by molar-refractivity contribution is 5.19. The molecule has 0 unspecified atom stereocenters. The monoisotopic (exact) mass is 544 g/mol. The van der Waals surface area contributed by atoms with Gasteiger partial charge in [-0.15, -0.1) is 0 Å². The zero-order valence-corrected chi connectivity index (χ0v) is 26.3. The Morgan fingerprint density at radius 2 is 0.897 bits per heavy atom.